The lowest BCUT2D eigenvalue weighted by Gasteiger charge is -2.15. The van der Waals surface area contributed by atoms with E-state index in [-0.39, 0.29) is 12.2 Å². The van der Waals surface area contributed by atoms with Crippen LogP contribution < -0.4 is 10.6 Å². The zero-order valence-electron chi connectivity index (χ0n) is 16.6. The highest BCUT2D eigenvalue weighted by Gasteiger charge is 2.21. The smallest absolute Gasteiger partial charge is 0.326 e. The van der Waals surface area contributed by atoms with Gasteiger partial charge in [-0.3, -0.25) is 4.79 Å². The molecule has 1 amide bonds. The van der Waals surface area contributed by atoms with Gasteiger partial charge in [-0.15, -0.1) is 0 Å². The molecule has 1 heterocycles. The second-order valence-electron chi connectivity index (χ2n) is 6.91. The first kappa shape index (κ1) is 20.8. The van der Waals surface area contributed by atoms with Gasteiger partial charge >= 0.3 is 5.97 Å². The number of phenols is 1. The molecule has 1 atom stereocenters. The molecule has 0 spiro atoms. The molecule has 30 heavy (non-hydrogen) atoms. The van der Waals surface area contributed by atoms with E-state index in [1.807, 2.05) is 19.9 Å². The Bertz CT molecular complexity index is 1030. The van der Waals surface area contributed by atoms with Crippen LogP contribution in [0.4, 0.5) is 11.6 Å². The van der Waals surface area contributed by atoms with Crippen molar-refractivity contribution < 1.29 is 19.8 Å². The van der Waals surface area contributed by atoms with Crippen molar-refractivity contribution in [1.29, 1.82) is 0 Å². The largest absolute Gasteiger partial charge is 0.508 e. The first-order valence-corrected chi connectivity index (χ1v) is 9.31. The SMILES string of the molecule is Cc1cc(C)nc(Nc2ccc(C(=O)NC(Cc3ccc(O)cc3)C(=O)O)cc2)n1. The molecule has 0 saturated heterocycles. The molecule has 3 aromatic rings. The number of amides is 1. The van der Waals surface area contributed by atoms with Crippen molar-refractivity contribution in [2.45, 2.75) is 26.3 Å². The van der Waals surface area contributed by atoms with Crippen molar-refractivity contribution >= 4 is 23.5 Å². The Balaban J connectivity index is 1.66. The molecule has 0 radical (unpaired) electrons. The molecule has 0 saturated carbocycles. The number of hydrogen-bond donors (Lipinski definition) is 4. The van der Waals surface area contributed by atoms with Gasteiger partial charge in [0.05, 0.1) is 0 Å². The van der Waals surface area contributed by atoms with Gasteiger partial charge in [0.15, 0.2) is 0 Å². The summed E-state index contributed by atoms with van der Waals surface area (Å²) in [4.78, 5) is 32.7. The minimum absolute atomic E-state index is 0.0922. The number of phenolic OH excluding ortho intramolecular Hbond substituents is 1. The molecule has 0 aliphatic heterocycles. The number of benzene rings is 2. The van der Waals surface area contributed by atoms with Crippen LogP contribution in [0, 0.1) is 13.8 Å². The van der Waals surface area contributed by atoms with E-state index < -0.39 is 17.9 Å². The summed E-state index contributed by atoms with van der Waals surface area (Å²) in [5.41, 5.74) is 3.41. The van der Waals surface area contributed by atoms with Crippen LogP contribution in [0.5, 0.6) is 5.75 Å². The van der Waals surface area contributed by atoms with Crippen LogP contribution in [0.15, 0.2) is 54.6 Å². The molecule has 2 aromatic carbocycles. The molecular formula is C22H22N4O4. The lowest BCUT2D eigenvalue weighted by Crippen LogP contribution is -2.42. The number of hydrogen-bond acceptors (Lipinski definition) is 6. The van der Waals surface area contributed by atoms with E-state index in [4.69, 9.17) is 0 Å². The zero-order chi connectivity index (χ0) is 21.7. The fourth-order valence-electron chi connectivity index (χ4n) is 2.93. The van der Waals surface area contributed by atoms with Gasteiger partial charge in [0, 0.05) is 29.1 Å². The molecule has 154 valence electrons. The third-order valence-electron chi connectivity index (χ3n) is 4.37. The average molecular weight is 406 g/mol. The molecule has 8 heteroatoms. The minimum Gasteiger partial charge on any atom is -0.508 e. The summed E-state index contributed by atoms with van der Waals surface area (Å²) in [5.74, 6) is -1.07. The van der Waals surface area contributed by atoms with Crippen LogP contribution in [0.3, 0.4) is 0 Å². The maximum atomic E-state index is 12.5. The summed E-state index contributed by atoms with van der Waals surface area (Å²) in [5, 5.41) is 24.4. The number of carboxylic acid groups (broad SMARTS) is 1. The predicted octanol–water partition coefficient (Wildman–Crippen LogP) is 2.97. The van der Waals surface area contributed by atoms with Crippen molar-refractivity contribution in [3.8, 4) is 5.75 Å². The van der Waals surface area contributed by atoms with Gasteiger partial charge in [0.2, 0.25) is 5.95 Å². The van der Waals surface area contributed by atoms with Crippen LogP contribution in [-0.4, -0.2) is 38.1 Å². The normalized spacial score (nSPS) is 11.5. The topological polar surface area (TPSA) is 124 Å². The van der Waals surface area contributed by atoms with E-state index in [2.05, 4.69) is 20.6 Å². The third kappa shape index (κ3) is 5.54. The highest BCUT2D eigenvalue weighted by molar-refractivity contribution is 5.97. The lowest BCUT2D eigenvalue weighted by molar-refractivity contribution is -0.139. The maximum Gasteiger partial charge on any atom is 0.326 e. The maximum absolute atomic E-state index is 12.5. The summed E-state index contributed by atoms with van der Waals surface area (Å²) < 4.78 is 0. The van der Waals surface area contributed by atoms with E-state index >= 15 is 0 Å². The molecule has 1 aromatic heterocycles. The summed E-state index contributed by atoms with van der Waals surface area (Å²) in [6, 6.07) is 13.6. The Hall–Kier alpha value is -3.94. The predicted molar refractivity (Wildman–Crippen MR) is 112 cm³/mol. The van der Waals surface area contributed by atoms with E-state index in [0.717, 1.165) is 11.4 Å². The number of aliphatic carboxylic acids is 1. The molecule has 8 nitrogen and oxygen atoms in total. The number of carbonyl (C=O) groups excluding carboxylic acids is 1. The molecule has 0 aliphatic carbocycles. The molecule has 0 bridgehead atoms. The Kier molecular flexibility index (Phi) is 6.26. The third-order valence-corrected chi connectivity index (χ3v) is 4.37. The molecule has 0 aliphatic rings. The quantitative estimate of drug-likeness (QED) is 0.475. The van der Waals surface area contributed by atoms with Crippen LogP contribution in [0.1, 0.15) is 27.3 Å². The number of aryl methyl sites for hydroxylation is 2. The lowest BCUT2D eigenvalue weighted by atomic mass is 10.1. The number of aromatic hydroxyl groups is 1. The van der Waals surface area contributed by atoms with Crippen LogP contribution >= 0.6 is 0 Å². The number of carboxylic acids is 1. The van der Waals surface area contributed by atoms with E-state index in [9.17, 15) is 19.8 Å². The van der Waals surface area contributed by atoms with Crippen molar-refractivity contribution in [1.82, 2.24) is 15.3 Å². The van der Waals surface area contributed by atoms with Crippen molar-refractivity contribution in [3.05, 3.63) is 77.1 Å². The number of nitrogens with one attached hydrogen (secondary N) is 2. The van der Waals surface area contributed by atoms with Gasteiger partial charge in [0.25, 0.3) is 5.91 Å². The van der Waals surface area contributed by atoms with Crippen LogP contribution in [0.2, 0.25) is 0 Å². The average Bonchev–Trinajstić information content (AvgIpc) is 2.68. The first-order chi connectivity index (χ1) is 14.3. The zero-order valence-corrected chi connectivity index (χ0v) is 16.6. The van der Waals surface area contributed by atoms with Gasteiger partial charge in [0.1, 0.15) is 11.8 Å². The summed E-state index contributed by atoms with van der Waals surface area (Å²) in [6.07, 6.45) is 0.102. The number of nitrogens with zero attached hydrogens (tertiary/aromatic N) is 2. The fourth-order valence-corrected chi connectivity index (χ4v) is 2.93. The first-order valence-electron chi connectivity index (χ1n) is 9.31. The monoisotopic (exact) mass is 406 g/mol. The highest BCUT2D eigenvalue weighted by atomic mass is 16.4. The summed E-state index contributed by atoms with van der Waals surface area (Å²) in [6.45, 7) is 3.76. The van der Waals surface area contributed by atoms with Gasteiger partial charge in [-0.25, -0.2) is 14.8 Å². The Morgan fingerprint density at radius 1 is 0.967 bits per heavy atom. The van der Waals surface area contributed by atoms with Crippen molar-refractivity contribution in [3.63, 3.8) is 0 Å². The molecule has 1 unspecified atom stereocenters. The van der Waals surface area contributed by atoms with E-state index in [0.29, 0.717) is 22.8 Å². The second-order valence-corrected chi connectivity index (χ2v) is 6.91. The van der Waals surface area contributed by atoms with E-state index in [1.54, 1.807) is 36.4 Å². The van der Waals surface area contributed by atoms with Gasteiger partial charge in [-0.1, -0.05) is 12.1 Å². The van der Waals surface area contributed by atoms with Gasteiger partial charge in [-0.05, 0) is 61.9 Å². The molecule has 4 N–H and O–H groups in total. The standard InChI is InChI=1S/C22H22N4O4/c1-13-11-14(2)24-22(23-13)25-17-7-5-16(6-8-17)20(28)26-19(21(29)30)12-15-3-9-18(27)10-4-15/h3-11,19,27H,12H2,1-2H3,(H,26,28)(H,29,30)(H,23,24,25). The molecule has 3 rings (SSSR count). The second kappa shape index (κ2) is 9.04. The Morgan fingerprint density at radius 2 is 1.57 bits per heavy atom. The summed E-state index contributed by atoms with van der Waals surface area (Å²) >= 11 is 0. The van der Waals surface area contributed by atoms with Gasteiger partial charge < -0.3 is 20.8 Å². The number of anilines is 2. The minimum atomic E-state index is -1.14. The van der Waals surface area contributed by atoms with Crippen LogP contribution in [0.25, 0.3) is 0 Å². The van der Waals surface area contributed by atoms with E-state index in [1.165, 1.54) is 12.1 Å². The van der Waals surface area contributed by atoms with Gasteiger partial charge in [-0.2, -0.15) is 0 Å². The molecule has 0 fully saturated rings. The Labute approximate surface area is 173 Å². The fraction of sp³-hybridized carbons (Fsp3) is 0.182. The Morgan fingerprint density at radius 3 is 2.13 bits per heavy atom. The van der Waals surface area contributed by atoms with Crippen LogP contribution in [-0.2, 0) is 11.2 Å². The van der Waals surface area contributed by atoms with Crippen molar-refractivity contribution in [2.24, 2.45) is 0 Å². The number of aromatic nitrogens is 2. The number of carbonyl (C=O) groups is 2. The highest BCUT2D eigenvalue weighted by Crippen LogP contribution is 2.16. The van der Waals surface area contributed by atoms with Crippen molar-refractivity contribution in [2.75, 3.05) is 5.32 Å². The number of rotatable bonds is 7. The summed E-state index contributed by atoms with van der Waals surface area (Å²) in [7, 11) is 0. The molecular weight excluding hydrogens is 384 g/mol.